The molecule has 0 spiro atoms. The molecule has 0 saturated heterocycles. The third kappa shape index (κ3) is 5.86. The smallest absolute Gasteiger partial charge is 0.331 e. The summed E-state index contributed by atoms with van der Waals surface area (Å²) in [5.74, 6) is -4.89. The molecule has 0 aromatic heterocycles. The Balaban J connectivity index is 5.19. The average Bonchev–Trinajstić information content (AvgIpc) is 2.49. The number of hydrogen-bond donors (Lipinski definition) is 5. The molecule has 0 aromatic carbocycles. The van der Waals surface area contributed by atoms with Crippen molar-refractivity contribution in [1.29, 1.82) is 0 Å². The quantitative estimate of drug-likeness (QED) is 0.291. The minimum atomic E-state index is -2.15. The molecule has 0 fully saturated rings. The molecule has 0 aromatic rings. The van der Waals surface area contributed by atoms with Gasteiger partial charge in [-0.25, -0.2) is 9.59 Å². The minimum absolute atomic E-state index is 0.0619. The van der Waals surface area contributed by atoms with Crippen LogP contribution in [0, 0.1) is 11.8 Å². The van der Waals surface area contributed by atoms with Crippen LogP contribution in [0.4, 0.5) is 0 Å². The maximum atomic E-state index is 12.4. The van der Waals surface area contributed by atoms with E-state index in [2.05, 4.69) is 0 Å². The van der Waals surface area contributed by atoms with E-state index in [9.17, 15) is 29.4 Å². The van der Waals surface area contributed by atoms with Gasteiger partial charge in [-0.05, 0) is 31.1 Å². The van der Waals surface area contributed by atoms with Crippen molar-refractivity contribution in [3.05, 3.63) is 0 Å². The SMILES string of the molecule is CC(C)CC(N)(C(=O)O)C(=O)CCC(N)C(=O)C(N)(CC(C)C)C(=O)O. The van der Waals surface area contributed by atoms with Gasteiger partial charge in [0.05, 0.1) is 6.04 Å². The second-order valence-electron chi connectivity index (χ2n) is 7.68. The lowest BCUT2D eigenvalue weighted by Gasteiger charge is -2.29. The monoisotopic (exact) mass is 373 g/mol. The highest BCUT2D eigenvalue weighted by molar-refractivity contribution is 6.10. The first kappa shape index (κ1) is 24.2. The van der Waals surface area contributed by atoms with Gasteiger partial charge in [0.25, 0.3) is 0 Å². The van der Waals surface area contributed by atoms with Crippen LogP contribution >= 0.6 is 0 Å². The van der Waals surface area contributed by atoms with Gasteiger partial charge in [-0.2, -0.15) is 0 Å². The lowest BCUT2D eigenvalue weighted by atomic mass is 9.80. The number of ketones is 2. The molecule has 26 heavy (non-hydrogen) atoms. The van der Waals surface area contributed by atoms with Gasteiger partial charge in [-0.1, -0.05) is 27.7 Å². The molecule has 0 radical (unpaired) electrons. The topological polar surface area (TPSA) is 187 Å². The highest BCUT2D eigenvalue weighted by Crippen LogP contribution is 2.21. The number of carbonyl (C=O) groups is 4. The minimum Gasteiger partial charge on any atom is -0.480 e. The van der Waals surface area contributed by atoms with Gasteiger partial charge >= 0.3 is 11.9 Å². The fourth-order valence-corrected chi connectivity index (χ4v) is 2.87. The Hall–Kier alpha value is -1.84. The van der Waals surface area contributed by atoms with Crippen LogP contribution in [-0.4, -0.2) is 50.8 Å². The van der Waals surface area contributed by atoms with Crippen molar-refractivity contribution in [1.82, 2.24) is 0 Å². The first-order chi connectivity index (χ1) is 11.7. The molecule has 0 aliphatic rings. The number of carboxylic acid groups (broad SMARTS) is 2. The average molecular weight is 373 g/mol. The van der Waals surface area contributed by atoms with Crippen LogP contribution in [0.25, 0.3) is 0 Å². The predicted octanol–water partition coefficient (Wildman–Crippen LogP) is -0.111. The van der Waals surface area contributed by atoms with Crippen LogP contribution in [0.15, 0.2) is 0 Å². The Morgan fingerprint density at radius 1 is 0.846 bits per heavy atom. The van der Waals surface area contributed by atoms with E-state index in [0.717, 1.165) is 0 Å². The number of hydrogen-bond acceptors (Lipinski definition) is 7. The molecule has 9 heteroatoms. The number of carboxylic acids is 2. The van der Waals surface area contributed by atoms with E-state index < -0.39 is 40.6 Å². The summed E-state index contributed by atoms with van der Waals surface area (Å²) in [4.78, 5) is 47.6. The van der Waals surface area contributed by atoms with E-state index in [0.29, 0.717) is 0 Å². The second kappa shape index (κ2) is 9.20. The fraction of sp³-hybridized carbons (Fsp3) is 0.765. The molecule has 0 heterocycles. The molecule has 3 atom stereocenters. The summed E-state index contributed by atoms with van der Waals surface area (Å²) in [6.45, 7) is 6.89. The van der Waals surface area contributed by atoms with E-state index in [1.165, 1.54) is 0 Å². The highest BCUT2D eigenvalue weighted by atomic mass is 16.4. The fourth-order valence-electron chi connectivity index (χ4n) is 2.87. The Morgan fingerprint density at radius 2 is 1.23 bits per heavy atom. The van der Waals surface area contributed by atoms with Crippen molar-refractivity contribution in [3.63, 3.8) is 0 Å². The maximum Gasteiger partial charge on any atom is 0.331 e. The zero-order valence-corrected chi connectivity index (χ0v) is 15.8. The van der Waals surface area contributed by atoms with Gasteiger partial charge in [-0.3, -0.25) is 9.59 Å². The number of carbonyl (C=O) groups excluding carboxylic acids is 2. The normalized spacial score (nSPS) is 17.4. The molecule has 0 saturated carbocycles. The van der Waals surface area contributed by atoms with Crippen molar-refractivity contribution in [2.24, 2.45) is 29.0 Å². The molecule has 0 amide bonds. The van der Waals surface area contributed by atoms with Crippen molar-refractivity contribution < 1.29 is 29.4 Å². The third-order valence-electron chi connectivity index (χ3n) is 4.18. The Kier molecular flexibility index (Phi) is 8.55. The highest BCUT2D eigenvalue weighted by Gasteiger charge is 2.46. The van der Waals surface area contributed by atoms with Gasteiger partial charge in [0, 0.05) is 6.42 Å². The molecule has 3 unspecified atom stereocenters. The van der Waals surface area contributed by atoms with Gasteiger partial charge in [-0.15, -0.1) is 0 Å². The summed E-state index contributed by atoms with van der Waals surface area (Å²) >= 11 is 0. The molecule has 0 bridgehead atoms. The van der Waals surface area contributed by atoms with Crippen LogP contribution in [0.3, 0.4) is 0 Å². The summed E-state index contributed by atoms with van der Waals surface area (Å²) in [6.07, 6.45) is -0.758. The van der Waals surface area contributed by atoms with Crippen LogP contribution in [0.1, 0.15) is 53.4 Å². The van der Waals surface area contributed by atoms with Crippen LogP contribution in [0.2, 0.25) is 0 Å². The second-order valence-corrected chi connectivity index (χ2v) is 7.68. The Morgan fingerprint density at radius 3 is 1.58 bits per heavy atom. The summed E-state index contributed by atoms with van der Waals surface area (Å²) in [5.41, 5.74) is 13.0. The van der Waals surface area contributed by atoms with Crippen molar-refractivity contribution in [2.75, 3.05) is 0 Å². The number of rotatable bonds is 12. The third-order valence-corrected chi connectivity index (χ3v) is 4.18. The van der Waals surface area contributed by atoms with Crippen molar-refractivity contribution >= 4 is 23.5 Å². The summed E-state index contributed by atoms with van der Waals surface area (Å²) in [5, 5.41) is 18.6. The zero-order chi connectivity index (χ0) is 20.9. The van der Waals surface area contributed by atoms with Crippen molar-refractivity contribution in [2.45, 2.75) is 70.5 Å². The zero-order valence-electron chi connectivity index (χ0n) is 15.8. The van der Waals surface area contributed by atoms with Crippen molar-refractivity contribution in [3.8, 4) is 0 Å². The van der Waals surface area contributed by atoms with E-state index in [-0.39, 0.29) is 37.5 Å². The number of Topliss-reactive ketones (excluding diaryl/α,β-unsaturated/α-hetero) is 2. The lowest BCUT2D eigenvalue weighted by molar-refractivity contribution is -0.150. The Bertz CT molecular complexity index is 563. The molecule has 150 valence electrons. The van der Waals surface area contributed by atoms with E-state index in [1.54, 1.807) is 27.7 Å². The number of nitrogens with two attached hydrogens (primary N) is 3. The van der Waals surface area contributed by atoms with E-state index in [4.69, 9.17) is 17.2 Å². The van der Waals surface area contributed by atoms with Gasteiger partial charge in [0.2, 0.25) is 0 Å². The number of aliphatic carboxylic acids is 2. The van der Waals surface area contributed by atoms with Gasteiger partial charge in [0.1, 0.15) is 0 Å². The molecule has 8 N–H and O–H groups in total. The predicted molar refractivity (Wildman–Crippen MR) is 95.2 cm³/mol. The molecule has 0 rings (SSSR count). The lowest BCUT2D eigenvalue weighted by Crippen LogP contribution is -2.61. The standard InChI is InChI=1S/C17H31N3O6/c1-9(2)7-16(19,14(23)24)12(21)6-5-11(18)13(22)17(20,15(25)26)8-10(3)4/h9-11H,5-8,18-20H2,1-4H3,(H,23,24)(H,25,26). The maximum absolute atomic E-state index is 12.4. The molecule has 0 aliphatic heterocycles. The molecule has 0 aliphatic carbocycles. The first-order valence-corrected chi connectivity index (χ1v) is 8.56. The summed E-state index contributed by atoms with van der Waals surface area (Å²) in [6, 6.07) is -1.31. The van der Waals surface area contributed by atoms with Crippen LogP contribution in [-0.2, 0) is 19.2 Å². The summed E-state index contributed by atoms with van der Waals surface area (Å²) < 4.78 is 0. The van der Waals surface area contributed by atoms with Gasteiger partial charge in [0.15, 0.2) is 22.6 Å². The molecular formula is C17H31N3O6. The van der Waals surface area contributed by atoms with E-state index >= 15 is 0 Å². The van der Waals surface area contributed by atoms with Crippen LogP contribution < -0.4 is 17.2 Å². The van der Waals surface area contributed by atoms with E-state index in [1.807, 2.05) is 0 Å². The van der Waals surface area contributed by atoms with Crippen LogP contribution in [0.5, 0.6) is 0 Å². The largest absolute Gasteiger partial charge is 0.480 e. The first-order valence-electron chi connectivity index (χ1n) is 8.56. The molecular weight excluding hydrogens is 342 g/mol. The summed E-state index contributed by atoms with van der Waals surface area (Å²) in [7, 11) is 0. The Labute approximate surface area is 153 Å². The molecule has 9 nitrogen and oxygen atoms in total. The van der Waals surface area contributed by atoms with Gasteiger partial charge < -0.3 is 27.4 Å².